The molecule has 0 atom stereocenters. The van der Waals surface area contributed by atoms with Crippen LogP contribution in [0.3, 0.4) is 0 Å². The highest BCUT2D eigenvalue weighted by molar-refractivity contribution is 7.89. The zero-order valence-corrected chi connectivity index (χ0v) is 12.6. The number of methoxy groups -OCH3 is 1. The number of aromatic nitrogens is 1. The number of sulfonamides is 1. The van der Waals surface area contributed by atoms with Gasteiger partial charge in [-0.2, -0.15) is 0 Å². The van der Waals surface area contributed by atoms with Gasteiger partial charge in [-0.05, 0) is 18.1 Å². The monoisotopic (exact) mass is 308 g/mol. The number of fused-ring (bicyclic) bond motifs is 1. The number of carbonyl (C=O) groups excluding carboxylic acids is 1. The third kappa shape index (κ3) is 4.16. The summed E-state index contributed by atoms with van der Waals surface area (Å²) in [6.45, 7) is 0. The number of carbonyl (C=O) groups is 1. The summed E-state index contributed by atoms with van der Waals surface area (Å²) < 4.78 is 29.0. The van der Waals surface area contributed by atoms with Crippen LogP contribution in [0.5, 0.6) is 5.88 Å². The van der Waals surface area contributed by atoms with Gasteiger partial charge in [0.15, 0.2) is 0 Å². The van der Waals surface area contributed by atoms with Gasteiger partial charge in [-0.15, -0.1) is 0 Å². The number of pyridine rings is 1. The molecule has 6 nitrogen and oxygen atoms in total. The molecule has 1 heterocycles. The number of para-hydroxylation sites is 1. The van der Waals surface area contributed by atoms with Gasteiger partial charge >= 0.3 is 0 Å². The first kappa shape index (κ1) is 15.2. The van der Waals surface area contributed by atoms with Crippen molar-refractivity contribution in [3.63, 3.8) is 0 Å². The van der Waals surface area contributed by atoms with Gasteiger partial charge in [0.1, 0.15) is 0 Å². The first-order valence-corrected chi connectivity index (χ1v) is 8.21. The number of nitrogens with one attached hydrogen (secondary N) is 1. The molecule has 0 aliphatic carbocycles. The van der Waals surface area contributed by atoms with Gasteiger partial charge in [0.05, 0.1) is 18.9 Å². The third-order valence-electron chi connectivity index (χ3n) is 2.91. The summed E-state index contributed by atoms with van der Waals surface area (Å²) >= 11 is 0. The van der Waals surface area contributed by atoms with Crippen molar-refractivity contribution in [3.05, 3.63) is 35.9 Å². The first-order valence-electron chi connectivity index (χ1n) is 6.32. The Balaban J connectivity index is 2.20. The quantitative estimate of drug-likeness (QED) is 0.898. The van der Waals surface area contributed by atoms with E-state index >= 15 is 0 Å². The van der Waals surface area contributed by atoms with Gasteiger partial charge in [-0.25, -0.2) is 13.4 Å². The number of ether oxygens (including phenoxy) is 1. The summed E-state index contributed by atoms with van der Waals surface area (Å²) in [5, 5.41) is 0.942. The van der Waals surface area contributed by atoms with Crippen molar-refractivity contribution in [2.24, 2.45) is 0 Å². The highest BCUT2D eigenvalue weighted by Gasteiger charge is 2.10. The Kier molecular flexibility index (Phi) is 4.42. The van der Waals surface area contributed by atoms with Crippen molar-refractivity contribution in [1.29, 1.82) is 0 Å². The van der Waals surface area contributed by atoms with E-state index in [1.165, 1.54) is 7.11 Å². The fourth-order valence-corrected chi connectivity index (χ4v) is 2.53. The molecule has 0 fully saturated rings. The van der Waals surface area contributed by atoms with Crippen LogP contribution in [0.25, 0.3) is 10.9 Å². The van der Waals surface area contributed by atoms with Gasteiger partial charge in [-0.3, -0.25) is 9.52 Å². The Morgan fingerprint density at radius 3 is 2.71 bits per heavy atom. The molecular formula is C14H16N2O4S. The van der Waals surface area contributed by atoms with E-state index < -0.39 is 15.9 Å². The molecule has 1 amide bonds. The topological polar surface area (TPSA) is 85.4 Å². The van der Waals surface area contributed by atoms with Crippen LogP contribution in [0, 0.1) is 0 Å². The zero-order chi connectivity index (χ0) is 15.5. The Morgan fingerprint density at radius 1 is 1.29 bits per heavy atom. The Bertz CT molecular complexity index is 772. The van der Waals surface area contributed by atoms with Crippen LogP contribution in [0.4, 0.5) is 0 Å². The van der Waals surface area contributed by atoms with Crippen LogP contribution in [0.1, 0.15) is 12.0 Å². The van der Waals surface area contributed by atoms with Crippen LogP contribution in [0.15, 0.2) is 30.3 Å². The standard InChI is InChI=1S/C14H16N2O4S/c1-20-13-9-7-11-5-3-4-10(14(11)15-13)6-8-12(17)16-21(2,18)19/h3-5,7,9H,6,8H2,1-2H3,(H,16,17). The average Bonchev–Trinajstić information content (AvgIpc) is 2.42. The molecule has 0 saturated heterocycles. The van der Waals surface area contributed by atoms with Gasteiger partial charge in [-0.1, -0.05) is 18.2 Å². The Labute approximate surface area is 123 Å². The van der Waals surface area contributed by atoms with E-state index in [2.05, 4.69) is 4.98 Å². The molecule has 1 aromatic carbocycles. The van der Waals surface area contributed by atoms with Gasteiger partial charge in [0.2, 0.25) is 21.8 Å². The number of hydrogen-bond donors (Lipinski definition) is 1. The first-order chi connectivity index (χ1) is 9.89. The predicted molar refractivity (Wildman–Crippen MR) is 79.6 cm³/mol. The molecule has 2 aromatic rings. The number of aryl methyl sites for hydroxylation is 1. The van der Waals surface area contributed by atoms with E-state index in [-0.39, 0.29) is 6.42 Å². The van der Waals surface area contributed by atoms with Gasteiger partial charge in [0, 0.05) is 17.9 Å². The summed E-state index contributed by atoms with van der Waals surface area (Å²) in [5.41, 5.74) is 1.62. The lowest BCUT2D eigenvalue weighted by molar-refractivity contribution is -0.119. The second kappa shape index (κ2) is 6.09. The van der Waals surface area contributed by atoms with Crippen LogP contribution < -0.4 is 9.46 Å². The summed E-state index contributed by atoms with van der Waals surface area (Å²) in [7, 11) is -1.98. The molecule has 1 aromatic heterocycles. The van der Waals surface area contributed by atoms with Crippen molar-refractivity contribution < 1.29 is 17.9 Å². The van der Waals surface area contributed by atoms with Crippen molar-refractivity contribution in [2.45, 2.75) is 12.8 Å². The van der Waals surface area contributed by atoms with Crippen LogP contribution in [-0.4, -0.2) is 32.7 Å². The van der Waals surface area contributed by atoms with E-state index in [0.29, 0.717) is 12.3 Å². The van der Waals surface area contributed by atoms with Crippen molar-refractivity contribution in [2.75, 3.05) is 13.4 Å². The summed E-state index contributed by atoms with van der Waals surface area (Å²) in [4.78, 5) is 15.9. The molecular weight excluding hydrogens is 292 g/mol. The molecule has 0 saturated carbocycles. The maximum Gasteiger partial charge on any atom is 0.233 e. The smallest absolute Gasteiger partial charge is 0.233 e. The molecule has 0 spiro atoms. The molecule has 2 rings (SSSR count). The van der Waals surface area contributed by atoms with E-state index in [9.17, 15) is 13.2 Å². The Hall–Kier alpha value is -2.15. The van der Waals surface area contributed by atoms with Crippen molar-refractivity contribution >= 4 is 26.8 Å². The maximum absolute atomic E-state index is 11.6. The van der Waals surface area contributed by atoms with E-state index in [4.69, 9.17) is 4.74 Å². The molecule has 7 heteroatoms. The largest absolute Gasteiger partial charge is 0.481 e. The lowest BCUT2D eigenvalue weighted by atomic mass is 10.1. The summed E-state index contributed by atoms with van der Waals surface area (Å²) in [6.07, 6.45) is 1.43. The molecule has 0 unspecified atom stereocenters. The molecule has 0 aliphatic rings. The van der Waals surface area contributed by atoms with Gasteiger partial charge < -0.3 is 4.74 Å². The minimum Gasteiger partial charge on any atom is -0.481 e. The molecule has 0 bridgehead atoms. The van der Waals surface area contributed by atoms with E-state index in [1.807, 2.05) is 29.0 Å². The highest BCUT2D eigenvalue weighted by Crippen LogP contribution is 2.21. The minimum atomic E-state index is -3.52. The van der Waals surface area contributed by atoms with E-state index in [0.717, 1.165) is 22.7 Å². The molecule has 112 valence electrons. The highest BCUT2D eigenvalue weighted by atomic mass is 32.2. The van der Waals surface area contributed by atoms with Crippen LogP contribution in [-0.2, 0) is 21.2 Å². The second-order valence-corrected chi connectivity index (χ2v) is 6.39. The Morgan fingerprint density at radius 2 is 2.05 bits per heavy atom. The molecule has 0 aliphatic heterocycles. The van der Waals surface area contributed by atoms with Crippen molar-refractivity contribution in [3.8, 4) is 5.88 Å². The normalized spacial score (nSPS) is 11.3. The lowest BCUT2D eigenvalue weighted by Gasteiger charge is -2.07. The minimum absolute atomic E-state index is 0.0745. The number of rotatable bonds is 5. The maximum atomic E-state index is 11.6. The number of nitrogens with zero attached hydrogens (tertiary/aromatic N) is 1. The third-order valence-corrected chi connectivity index (χ3v) is 3.51. The fourth-order valence-electron chi connectivity index (χ4n) is 2.01. The van der Waals surface area contributed by atoms with E-state index in [1.54, 1.807) is 6.07 Å². The second-order valence-electron chi connectivity index (χ2n) is 4.64. The molecule has 21 heavy (non-hydrogen) atoms. The number of amides is 1. The van der Waals surface area contributed by atoms with Crippen molar-refractivity contribution in [1.82, 2.24) is 9.71 Å². The SMILES string of the molecule is COc1ccc2cccc(CCC(=O)NS(C)(=O)=O)c2n1. The molecule has 1 N–H and O–H groups in total. The summed E-state index contributed by atoms with van der Waals surface area (Å²) in [5.74, 6) is -0.0343. The average molecular weight is 308 g/mol. The van der Waals surface area contributed by atoms with Crippen LogP contribution >= 0.6 is 0 Å². The lowest BCUT2D eigenvalue weighted by Crippen LogP contribution is -2.29. The fraction of sp³-hybridized carbons (Fsp3) is 0.286. The van der Waals surface area contributed by atoms with Gasteiger partial charge in [0.25, 0.3) is 0 Å². The number of benzene rings is 1. The number of hydrogen-bond acceptors (Lipinski definition) is 5. The zero-order valence-electron chi connectivity index (χ0n) is 11.8. The molecule has 0 radical (unpaired) electrons. The van der Waals surface area contributed by atoms with Crippen LogP contribution in [0.2, 0.25) is 0 Å². The summed E-state index contributed by atoms with van der Waals surface area (Å²) in [6, 6.07) is 9.31. The predicted octanol–water partition coefficient (Wildman–Crippen LogP) is 1.25.